The van der Waals surface area contributed by atoms with Gasteiger partial charge in [-0.1, -0.05) is 0 Å². The number of rotatable bonds is 0. The molecule has 0 aromatic carbocycles. The van der Waals surface area contributed by atoms with Crippen LogP contribution in [0.25, 0.3) is 0 Å². The lowest BCUT2D eigenvalue weighted by Gasteiger charge is -1.76. The van der Waals surface area contributed by atoms with Crippen LogP contribution in [0.4, 0.5) is 0 Å². The van der Waals surface area contributed by atoms with Crippen LogP contribution in [-0.4, -0.2) is 22.9 Å². The summed E-state index contributed by atoms with van der Waals surface area (Å²) in [5.74, 6) is 0. The Bertz CT molecular complexity index is 23.3. The van der Waals surface area contributed by atoms with Gasteiger partial charge in [0.05, 0.1) is 8.38 Å². The second-order valence-electron chi connectivity index (χ2n) is 1.32. The lowest BCUT2D eigenvalue weighted by atomic mass is 10.4. The highest BCUT2D eigenvalue weighted by molar-refractivity contribution is 5.75. The first kappa shape index (κ1) is 4.19. The molecule has 0 unspecified atom stereocenters. The van der Waals surface area contributed by atoms with Crippen LogP contribution in [0.2, 0.25) is 0 Å². The summed E-state index contributed by atoms with van der Waals surface area (Å²) in [6.45, 7) is 2.00. The molecule has 36 valence electrons. The minimum atomic E-state index is 1.00. The lowest BCUT2D eigenvalue weighted by molar-refractivity contribution is 0.198. The van der Waals surface area contributed by atoms with E-state index in [-0.39, 0.29) is 0 Å². The smallest absolute Gasteiger partial charge is 0.0814 e. The van der Waals surface area contributed by atoms with Crippen LogP contribution in [0.3, 0.4) is 0 Å². The minimum Gasteiger partial charge on any atom is -0.381 e. The maximum absolute atomic E-state index is 5.75. The zero-order valence-electron chi connectivity index (χ0n) is 5.24. The Balaban J connectivity index is 0.000000162. The Morgan fingerprint density at radius 3 is 2.00 bits per heavy atom. The molecular formula is C4H11BO. The molecule has 0 radical (unpaired) electrons. The molecule has 1 aliphatic rings. The van der Waals surface area contributed by atoms with Crippen molar-refractivity contribution in [3.05, 3.63) is 0 Å². The first-order valence-electron chi connectivity index (χ1n) is 3.08. The highest BCUT2D eigenvalue weighted by atomic mass is 16.5. The van der Waals surface area contributed by atoms with E-state index in [1.807, 2.05) is 0 Å². The molecule has 1 aliphatic heterocycles. The molecule has 1 nitrogen and oxygen atoms in total. The normalized spacial score (nSPS) is 21.0. The third-order valence-corrected chi connectivity index (χ3v) is 0.827. The number of hydrogen-bond donors (Lipinski definition) is 0. The van der Waals surface area contributed by atoms with Crippen molar-refractivity contribution in [3.63, 3.8) is 0 Å². The van der Waals surface area contributed by atoms with Crippen LogP contribution in [0.5, 0.6) is 0 Å². The van der Waals surface area contributed by atoms with Gasteiger partial charge in [0, 0.05) is 13.2 Å². The van der Waals surface area contributed by atoms with E-state index in [4.69, 9.17) is 6.07 Å². The fourth-order valence-electron chi connectivity index (χ4n) is 0.510. The van der Waals surface area contributed by atoms with Gasteiger partial charge in [0.25, 0.3) is 0 Å². The van der Waals surface area contributed by atoms with Crippen LogP contribution in [-0.2, 0) is 4.74 Å². The van der Waals surface area contributed by atoms with Crippen molar-refractivity contribution in [2.45, 2.75) is 12.8 Å². The zero-order chi connectivity index (χ0) is 5.54. The number of ether oxygens (including phenoxy) is 1. The molecule has 0 saturated carbocycles. The highest BCUT2D eigenvalue weighted by Crippen LogP contribution is 1.98. The van der Waals surface area contributed by atoms with E-state index in [1.54, 1.807) is 0 Å². The Kier molecular flexibility index (Phi) is 2.25. The van der Waals surface area contributed by atoms with Crippen LogP contribution < -0.4 is 0 Å². The first-order chi connectivity index (χ1) is 3.50. The molecule has 1 saturated heterocycles. The molecule has 0 bridgehead atoms. The van der Waals surface area contributed by atoms with Crippen molar-refractivity contribution in [2.24, 2.45) is 0 Å². The lowest BCUT2D eigenvalue weighted by Crippen LogP contribution is -1.74. The Hall–Kier alpha value is 0.0249. The quantitative estimate of drug-likeness (QED) is 0.365. The molecule has 0 aromatic heterocycles. The molecule has 0 atom stereocenters. The van der Waals surface area contributed by atoms with E-state index in [9.17, 15) is 0 Å². The first-order valence-corrected chi connectivity index (χ1v) is 2.08. The third kappa shape index (κ3) is 1.46. The Morgan fingerprint density at radius 2 is 1.83 bits per heavy atom. The van der Waals surface area contributed by atoms with Gasteiger partial charge in [-0.3, -0.25) is 0 Å². The predicted molar refractivity (Wildman–Crippen MR) is 30.0 cm³/mol. The highest BCUT2D eigenvalue weighted by Gasteiger charge is 1.94. The van der Waals surface area contributed by atoms with Gasteiger partial charge < -0.3 is 4.74 Å². The topological polar surface area (TPSA) is 9.23 Å². The second-order valence-corrected chi connectivity index (χ2v) is 1.32. The van der Waals surface area contributed by atoms with Gasteiger partial charge in [-0.2, -0.15) is 0 Å². The van der Waals surface area contributed by atoms with E-state index in [1.165, 1.54) is 21.2 Å². The second kappa shape index (κ2) is 3.22. The molecule has 1 rings (SSSR count). The average molecular weight is 86.9 g/mol. The summed E-state index contributed by atoms with van der Waals surface area (Å²) < 4.78 is 10.7. The molecule has 0 aromatic rings. The van der Waals surface area contributed by atoms with E-state index in [0.29, 0.717) is 0 Å². The summed E-state index contributed by atoms with van der Waals surface area (Å²) in [6, 6.07) is 0. The Labute approximate surface area is 41.6 Å². The average Bonchev–Trinajstić information content (AvgIpc) is 2.23. The summed E-state index contributed by atoms with van der Waals surface area (Å²) in [4.78, 5) is 0. The van der Waals surface area contributed by atoms with Gasteiger partial charge in [-0.15, -0.1) is 0 Å². The fraction of sp³-hybridized carbons (Fsp3) is 1.00. The molecule has 1 fully saturated rings. The van der Waals surface area contributed by atoms with Crippen molar-refractivity contribution < 1.29 is 4.74 Å². The molecule has 2 heteroatoms. The van der Waals surface area contributed by atoms with Gasteiger partial charge in [0.15, 0.2) is 0 Å². The molecular weight excluding hydrogens is 74.9 g/mol. The SMILES string of the molecule is C1CCOC1.[2H]B. The standard InChI is InChI=1S/C4H8O.BH3/c1-2-4-5-3-1;/h1-4H2;1H3/i;1D. The van der Waals surface area contributed by atoms with Gasteiger partial charge >= 0.3 is 0 Å². The molecule has 0 amide bonds. The van der Waals surface area contributed by atoms with Crippen molar-refractivity contribution in [2.75, 3.05) is 13.2 Å². The van der Waals surface area contributed by atoms with Crippen molar-refractivity contribution in [1.29, 1.82) is 1.34 Å². The van der Waals surface area contributed by atoms with Gasteiger partial charge in [0.2, 0.25) is 0 Å². The van der Waals surface area contributed by atoms with Gasteiger partial charge in [0.1, 0.15) is 0 Å². The molecule has 0 spiro atoms. The summed E-state index contributed by atoms with van der Waals surface area (Å²) in [6.07, 6.45) is 2.56. The third-order valence-electron chi connectivity index (χ3n) is 0.827. The molecule has 6 heavy (non-hydrogen) atoms. The maximum atomic E-state index is 5.75. The van der Waals surface area contributed by atoms with Crippen LogP contribution in [0, 0.1) is 0 Å². The van der Waals surface area contributed by atoms with Crippen molar-refractivity contribution in [1.82, 2.24) is 0 Å². The van der Waals surface area contributed by atoms with E-state index in [0.717, 1.165) is 13.2 Å². The van der Waals surface area contributed by atoms with Crippen LogP contribution >= 0.6 is 0 Å². The monoisotopic (exact) mass is 87.1 g/mol. The van der Waals surface area contributed by atoms with Gasteiger partial charge in [-0.05, 0) is 14.2 Å². The van der Waals surface area contributed by atoms with Crippen LogP contribution in [0.1, 0.15) is 12.8 Å². The maximum Gasteiger partial charge on any atom is 0.0814 e. The van der Waals surface area contributed by atoms with Gasteiger partial charge in [-0.25, -0.2) is 0 Å². The predicted octanol–water partition coefficient (Wildman–Crippen LogP) is -0.387. The molecule has 0 aliphatic carbocycles. The van der Waals surface area contributed by atoms with Crippen LogP contribution in [0.15, 0.2) is 0 Å². The fourth-order valence-corrected chi connectivity index (χ4v) is 0.510. The van der Waals surface area contributed by atoms with E-state index in [2.05, 4.69) is 0 Å². The Morgan fingerprint density at radius 1 is 1.33 bits per heavy atom. The van der Waals surface area contributed by atoms with Crippen molar-refractivity contribution >= 4 is 8.38 Å². The summed E-state index contributed by atoms with van der Waals surface area (Å²) in [5, 5.41) is 0. The minimum absolute atomic E-state index is 1.00. The molecule has 1 heterocycles. The molecule has 0 N–H and O–H groups in total. The summed E-state index contributed by atoms with van der Waals surface area (Å²) in [5.41, 5.74) is 0. The van der Waals surface area contributed by atoms with E-state index >= 15 is 0 Å². The summed E-state index contributed by atoms with van der Waals surface area (Å²) >= 11 is 0. The zero-order valence-corrected chi connectivity index (χ0v) is 4.24. The van der Waals surface area contributed by atoms with Crippen molar-refractivity contribution in [3.8, 4) is 0 Å². The largest absolute Gasteiger partial charge is 0.381 e. The van der Waals surface area contributed by atoms with E-state index < -0.39 is 0 Å². The number of hydrogen-bond acceptors (Lipinski definition) is 1. The summed E-state index contributed by atoms with van der Waals surface area (Å²) in [7, 11) is 1.25.